The Bertz CT molecular complexity index is 448. The number of nitrogens with one attached hydrogen (secondary N) is 2. The lowest BCUT2D eigenvalue weighted by molar-refractivity contribution is -0.139. The monoisotopic (exact) mass is 286 g/mol. The zero-order chi connectivity index (χ0) is 14.3. The van der Waals surface area contributed by atoms with Crippen molar-refractivity contribution in [3.63, 3.8) is 0 Å². The van der Waals surface area contributed by atoms with Gasteiger partial charge in [0.05, 0.1) is 12.1 Å². The molecule has 1 heterocycles. The van der Waals surface area contributed by atoms with Crippen LogP contribution < -0.4 is 16.4 Å². The summed E-state index contributed by atoms with van der Waals surface area (Å²) in [7, 11) is 0. The number of amides is 3. The first-order valence-corrected chi connectivity index (χ1v) is 6.30. The van der Waals surface area contributed by atoms with Crippen LogP contribution in [0.25, 0.3) is 0 Å². The van der Waals surface area contributed by atoms with Gasteiger partial charge in [0.25, 0.3) is 0 Å². The molecule has 0 fully saturated rings. The second kappa shape index (κ2) is 7.31. The molecule has 0 aliphatic carbocycles. The Hall–Kier alpha value is -2.16. The van der Waals surface area contributed by atoms with Gasteiger partial charge in [-0.05, 0) is 6.42 Å². The van der Waals surface area contributed by atoms with Gasteiger partial charge < -0.3 is 21.5 Å². The van der Waals surface area contributed by atoms with Crippen molar-refractivity contribution < 1.29 is 19.5 Å². The van der Waals surface area contributed by atoms with Gasteiger partial charge in [-0.25, -0.2) is 9.59 Å². The van der Waals surface area contributed by atoms with Crippen LogP contribution in [0.2, 0.25) is 0 Å². The van der Waals surface area contributed by atoms with Crippen molar-refractivity contribution >= 4 is 29.2 Å². The topological polar surface area (TPSA) is 134 Å². The number of hydrogen-bond acceptors (Lipinski definition) is 5. The molecule has 0 aliphatic rings. The molecule has 5 N–H and O–H groups in total. The van der Waals surface area contributed by atoms with Gasteiger partial charge >= 0.3 is 12.0 Å². The molecule has 0 spiro atoms. The van der Waals surface area contributed by atoms with Gasteiger partial charge in [0, 0.05) is 17.5 Å². The summed E-state index contributed by atoms with van der Waals surface area (Å²) in [6, 6.07) is -1.76. The van der Waals surface area contributed by atoms with Crippen LogP contribution in [0.4, 0.5) is 4.79 Å². The van der Waals surface area contributed by atoms with Crippen molar-refractivity contribution in [2.75, 3.05) is 0 Å². The van der Waals surface area contributed by atoms with Crippen LogP contribution in [0.5, 0.6) is 0 Å². The largest absolute Gasteiger partial charge is 0.480 e. The number of aromatic nitrogens is 1. The molecule has 1 aromatic heterocycles. The predicted molar refractivity (Wildman–Crippen MR) is 67.3 cm³/mol. The molecule has 1 atom stereocenters. The van der Waals surface area contributed by atoms with Crippen molar-refractivity contribution in [1.29, 1.82) is 0 Å². The van der Waals surface area contributed by atoms with Gasteiger partial charge in [-0.1, -0.05) is 0 Å². The lowest BCUT2D eigenvalue weighted by Crippen LogP contribution is -2.46. The van der Waals surface area contributed by atoms with E-state index in [1.807, 2.05) is 0 Å². The highest BCUT2D eigenvalue weighted by atomic mass is 32.1. The minimum atomic E-state index is -1.21. The first-order chi connectivity index (χ1) is 8.99. The number of carbonyl (C=O) groups excluding carboxylic acids is 2. The SMILES string of the molecule is NC(=O)CC[C@H](NC(=O)NCc1cncs1)C(=O)O. The molecule has 104 valence electrons. The van der Waals surface area contributed by atoms with Crippen LogP contribution in [0.1, 0.15) is 17.7 Å². The van der Waals surface area contributed by atoms with Gasteiger partial charge in [0.2, 0.25) is 5.91 Å². The van der Waals surface area contributed by atoms with E-state index in [9.17, 15) is 14.4 Å². The molecular weight excluding hydrogens is 272 g/mol. The molecule has 3 amide bonds. The van der Waals surface area contributed by atoms with Crippen LogP contribution >= 0.6 is 11.3 Å². The quantitative estimate of drug-likeness (QED) is 0.544. The fraction of sp³-hybridized carbons (Fsp3) is 0.400. The minimum Gasteiger partial charge on any atom is -0.480 e. The van der Waals surface area contributed by atoms with E-state index in [1.54, 1.807) is 11.7 Å². The average molecular weight is 286 g/mol. The zero-order valence-electron chi connectivity index (χ0n) is 9.96. The number of aliphatic carboxylic acids is 1. The first-order valence-electron chi connectivity index (χ1n) is 5.42. The van der Waals surface area contributed by atoms with Gasteiger partial charge in [-0.3, -0.25) is 9.78 Å². The van der Waals surface area contributed by atoms with E-state index >= 15 is 0 Å². The highest BCUT2D eigenvalue weighted by molar-refractivity contribution is 7.09. The first kappa shape index (κ1) is 14.9. The number of carbonyl (C=O) groups is 3. The second-order valence-electron chi connectivity index (χ2n) is 3.69. The number of primary amides is 1. The maximum atomic E-state index is 11.5. The molecule has 1 rings (SSSR count). The summed E-state index contributed by atoms with van der Waals surface area (Å²) in [5.41, 5.74) is 6.56. The number of carboxylic acids is 1. The number of nitrogens with zero attached hydrogens (tertiary/aromatic N) is 1. The van der Waals surface area contributed by atoms with Crippen molar-refractivity contribution in [2.45, 2.75) is 25.4 Å². The summed E-state index contributed by atoms with van der Waals surface area (Å²) < 4.78 is 0. The molecule has 0 bridgehead atoms. The van der Waals surface area contributed by atoms with Crippen LogP contribution in [0, 0.1) is 0 Å². The highest BCUT2D eigenvalue weighted by Gasteiger charge is 2.20. The lowest BCUT2D eigenvalue weighted by atomic mass is 10.1. The third-order valence-corrected chi connectivity index (χ3v) is 2.97. The molecule has 19 heavy (non-hydrogen) atoms. The number of carboxylic acid groups (broad SMARTS) is 1. The Morgan fingerprint density at radius 2 is 2.21 bits per heavy atom. The molecule has 0 radical (unpaired) electrons. The van der Waals surface area contributed by atoms with Gasteiger partial charge in [0.1, 0.15) is 6.04 Å². The standard InChI is InChI=1S/C10H14N4O4S/c11-8(15)2-1-7(9(16)17)14-10(18)13-4-6-3-12-5-19-6/h3,5,7H,1-2,4H2,(H2,11,15)(H,16,17)(H2,13,14,18)/t7-/m0/s1. The summed E-state index contributed by atoms with van der Waals surface area (Å²) in [4.78, 5) is 37.6. The normalized spacial score (nSPS) is 11.6. The molecule has 0 saturated carbocycles. The van der Waals surface area contributed by atoms with E-state index in [0.29, 0.717) is 0 Å². The van der Waals surface area contributed by atoms with Crippen LogP contribution in [-0.2, 0) is 16.1 Å². The minimum absolute atomic E-state index is 0.0430. The summed E-state index contributed by atoms with van der Waals surface area (Å²) in [5.74, 6) is -1.83. The number of rotatable bonds is 7. The maximum Gasteiger partial charge on any atom is 0.326 e. The summed E-state index contributed by atoms with van der Waals surface area (Å²) >= 11 is 1.37. The summed E-state index contributed by atoms with van der Waals surface area (Å²) in [6.07, 6.45) is 1.46. The van der Waals surface area contributed by atoms with Crippen molar-refractivity contribution in [1.82, 2.24) is 15.6 Å². The number of urea groups is 1. The van der Waals surface area contributed by atoms with Gasteiger partial charge in [0.15, 0.2) is 0 Å². The number of hydrogen-bond donors (Lipinski definition) is 4. The number of thiazole rings is 1. The summed E-state index contributed by atoms with van der Waals surface area (Å²) in [5, 5.41) is 13.6. The van der Waals surface area contributed by atoms with Crippen LogP contribution in [0.3, 0.4) is 0 Å². The Kier molecular flexibility index (Phi) is 5.73. The van der Waals surface area contributed by atoms with E-state index in [4.69, 9.17) is 10.8 Å². The molecule has 0 aliphatic heterocycles. The van der Waals surface area contributed by atoms with Gasteiger partial charge in [-0.15, -0.1) is 11.3 Å². The zero-order valence-corrected chi connectivity index (χ0v) is 10.8. The van der Waals surface area contributed by atoms with Crippen molar-refractivity contribution in [3.8, 4) is 0 Å². The second-order valence-corrected chi connectivity index (χ2v) is 4.66. The third kappa shape index (κ3) is 5.82. The average Bonchev–Trinajstić information content (AvgIpc) is 2.84. The third-order valence-electron chi connectivity index (χ3n) is 2.19. The van der Waals surface area contributed by atoms with Crippen LogP contribution in [-0.4, -0.2) is 34.0 Å². The maximum absolute atomic E-state index is 11.5. The Labute approximate surface area is 113 Å². The van der Waals surface area contributed by atoms with Crippen molar-refractivity contribution in [2.24, 2.45) is 5.73 Å². The fourth-order valence-corrected chi connectivity index (χ4v) is 1.78. The van der Waals surface area contributed by atoms with Gasteiger partial charge in [-0.2, -0.15) is 0 Å². The van der Waals surface area contributed by atoms with E-state index in [1.165, 1.54) is 11.3 Å². The van der Waals surface area contributed by atoms with Crippen molar-refractivity contribution in [3.05, 3.63) is 16.6 Å². The number of nitrogens with two attached hydrogens (primary N) is 1. The Morgan fingerprint density at radius 1 is 1.47 bits per heavy atom. The Morgan fingerprint density at radius 3 is 2.74 bits per heavy atom. The van der Waals surface area contributed by atoms with E-state index < -0.39 is 23.9 Å². The highest BCUT2D eigenvalue weighted by Crippen LogP contribution is 2.04. The molecule has 0 aromatic carbocycles. The molecule has 9 heteroatoms. The smallest absolute Gasteiger partial charge is 0.326 e. The molecular formula is C10H14N4O4S. The van der Waals surface area contributed by atoms with E-state index in [2.05, 4.69) is 15.6 Å². The van der Waals surface area contributed by atoms with E-state index in [0.717, 1.165) is 4.88 Å². The fourth-order valence-electron chi connectivity index (χ4n) is 1.25. The molecule has 0 unspecified atom stereocenters. The lowest BCUT2D eigenvalue weighted by Gasteiger charge is -2.14. The predicted octanol–water partition coefficient (Wildman–Crippen LogP) is -0.339. The summed E-state index contributed by atoms with van der Waals surface area (Å²) in [6.45, 7) is 0.263. The Balaban J connectivity index is 2.38. The van der Waals surface area contributed by atoms with E-state index in [-0.39, 0.29) is 19.4 Å². The molecule has 1 aromatic rings. The molecule has 8 nitrogen and oxygen atoms in total. The molecule has 0 saturated heterocycles. The van der Waals surface area contributed by atoms with Crippen LogP contribution in [0.15, 0.2) is 11.7 Å².